The Hall–Kier alpha value is -1.01. The van der Waals surface area contributed by atoms with Gasteiger partial charge in [0.1, 0.15) is 12.3 Å². The van der Waals surface area contributed by atoms with E-state index in [2.05, 4.69) is 14.5 Å². The van der Waals surface area contributed by atoms with E-state index in [1.807, 2.05) is 0 Å². The van der Waals surface area contributed by atoms with Crippen molar-refractivity contribution < 1.29 is 14.4 Å². The zero-order valence-corrected chi connectivity index (χ0v) is 10.1. The van der Waals surface area contributed by atoms with Crippen LogP contribution in [0.25, 0.3) is 0 Å². The highest BCUT2D eigenvalue weighted by Gasteiger charge is 2.35. The number of hydrogen-bond donors (Lipinski definition) is 2. The maximum Gasteiger partial charge on any atom is 0.330 e. The van der Waals surface area contributed by atoms with Crippen molar-refractivity contribution in [1.82, 2.24) is 9.55 Å². The molecule has 2 rings (SSSR count). The average Bonchev–Trinajstić information content (AvgIpc) is 2.60. The minimum Gasteiger partial charge on any atom is -0.390 e. The molecule has 1 aromatic rings. The van der Waals surface area contributed by atoms with Crippen LogP contribution in [-0.4, -0.2) is 33.5 Å². The maximum atomic E-state index is 11.5. The van der Waals surface area contributed by atoms with Crippen LogP contribution in [-0.2, 0) is 9.26 Å². The molecule has 8 heteroatoms. The van der Waals surface area contributed by atoms with Gasteiger partial charge in [-0.05, 0) is 0 Å². The normalized spacial score (nSPS) is 28.5. The van der Waals surface area contributed by atoms with Crippen LogP contribution in [0, 0.1) is 0 Å². The van der Waals surface area contributed by atoms with Crippen LogP contribution in [0.1, 0.15) is 12.6 Å². The van der Waals surface area contributed by atoms with Crippen molar-refractivity contribution in [3.63, 3.8) is 0 Å². The van der Waals surface area contributed by atoms with Gasteiger partial charge in [-0.2, -0.15) is 0 Å². The molecule has 2 N–H and O–H groups in total. The van der Waals surface area contributed by atoms with E-state index in [-0.39, 0.29) is 13.0 Å². The number of nitrogens with one attached hydrogen (secondary N) is 1. The summed E-state index contributed by atoms with van der Waals surface area (Å²) in [6.07, 6.45) is -0.122. The Balaban J connectivity index is 2.19. The third kappa shape index (κ3) is 2.63. The molecular weight excluding hydrogens is 247 g/mol. The first-order chi connectivity index (χ1) is 8.11. The zero-order chi connectivity index (χ0) is 12.4. The van der Waals surface area contributed by atoms with Gasteiger partial charge in [-0.15, -0.1) is 0 Å². The first-order valence-corrected chi connectivity index (χ1v) is 5.55. The molecule has 0 spiro atoms. The standard InChI is InChI=1S/C9H13N2O5P/c12-5-3-8(16-6(5)4-15-17)11-2-1-7(13)10-9(11)14/h1-2,5-6,8,12H,3-4,17H2,(H,10,13,14)/t5-,6-,8-/m1/s1. The molecule has 0 aliphatic carbocycles. The topological polar surface area (TPSA) is 93.6 Å². The molecule has 0 saturated carbocycles. The Bertz CT molecular complexity index is 499. The Kier molecular flexibility index (Phi) is 3.73. The van der Waals surface area contributed by atoms with Gasteiger partial charge in [0.25, 0.3) is 5.56 Å². The van der Waals surface area contributed by atoms with Gasteiger partial charge in [-0.3, -0.25) is 14.3 Å². The van der Waals surface area contributed by atoms with Crippen LogP contribution in [0.4, 0.5) is 0 Å². The van der Waals surface area contributed by atoms with Crippen LogP contribution in [0.5, 0.6) is 0 Å². The molecule has 1 fully saturated rings. The summed E-state index contributed by atoms with van der Waals surface area (Å²) in [7, 11) is 2.07. The number of aliphatic hydroxyl groups excluding tert-OH is 1. The first kappa shape index (κ1) is 12.4. The Morgan fingerprint density at radius 1 is 1.65 bits per heavy atom. The molecule has 17 heavy (non-hydrogen) atoms. The molecule has 2 heterocycles. The van der Waals surface area contributed by atoms with E-state index in [0.29, 0.717) is 0 Å². The fourth-order valence-corrected chi connectivity index (χ4v) is 1.97. The number of aromatic amines is 1. The number of ether oxygens (including phenoxy) is 1. The van der Waals surface area contributed by atoms with E-state index >= 15 is 0 Å². The van der Waals surface area contributed by atoms with Crippen LogP contribution in [0.15, 0.2) is 21.9 Å². The summed E-state index contributed by atoms with van der Waals surface area (Å²) in [6.45, 7) is 0.223. The van der Waals surface area contributed by atoms with E-state index in [0.717, 1.165) is 0 Å². The van der Waals surface area contributed by atoms with Crippen molar-refractivity contribution in [2.45, 2.75) is 24.9 Å². The number of nitrogens with zero attached hydrogens (tertiary/aromatic N) is 1. The number of hydrogen-bond acceptors (Lipinski definition) is 5. The highest BCUT2D eigenvalue weighted by Crippen LogP contribution is 2.27. The zero-order valence-electron chi connectivity index (χ0n) is 8.91. The minimum atomic E-state index is -0.695. The summed E-state index contributed by atoms with van der Waals surface area (Å²) in [4.78, 5) is 24.5. The van der Waals surface area contributed by atoms with Crippen LogP contribution >= 0.6 is 9.47 Å². The molecule has 7 nitrogen and oxygen atoms in total. The van der Waals surface area contributed by atoms with E-state index in [4.69, 9.17) is 9.26 Å². The van der Waals surface area contributed by atoms with Gasteiger partial charge in [0, 0.05) is 28.2 Å². The molecule has 1 saturated heterocycles. The van der Waals surface area contributed by atoms with Gasteiger partial charge < -0.3 is 14.4 Å². The molecule has 0 bridgehead atoms. The molecule has 1 aliphatic heterocycles. The molecule has 4 atom stereocenters. The highest BCUT2D eigenvalue weighted by atomic mass is 31.0. The predicted molar refractivity (Wildman–Crippen MR) is 61.5 cm³/mol. The summed E-state index contributed by atoms with van der Waals surface area (Å²) in [5.74, 6) is 0. The van der Waals surface area contributed by atoms with Crippen LogP contribution in [0.2, 0.25) is 0 Å². The lowest BCUT2D eigenvalue weighted by atomic mass is 10.2. The second-order valence-corrected chi connectivity index (χ2v) is 4.12. The van der Waals surface area contributed by atoms with Gasteiger partial charge in [0.2, 0.25) is 0 Å². The van der Waals surface area contributed by atoms with Crippen molar-refractivity contribution >= 4 is 9.47 Å². The van der Waals surface area contributed by atoms with E-state index in [1.165, 1.54) is 16.8 Å². The van der Waals surface area contributed by atoms with Gasteiger partial charge in [0.05, 0.1) is 12.7 Å². The molecule has 0 aromatic carbocycles. The highest BCUT2D eigenvalue weighted by molar-refractivity contribution is 7.09. The van der Waals surface area contributed by atoms with E-state index in [9.17, 15) is 14.7 Å². The van der Waals surface area contributed by atoms with Crippen molar-refractivity contribution in [3.05, 3.63) is 33.1 Å². The van der Waals surface area contributed by atoms with E-state index in [1.54, 1.807) is 0 Å². The average molecular weight is 260 g/mol. The Morgan fingerprint density at radius 3 is 3.06 bits per heavy atom. The Morgan fingerprint density at radius 2 is 2.41 bits per heavy atom. The lowest BCUT2D eigenvalue weighted by Gasteiger charge is -2.14. The fourth-order valence-electron chi connectivity index (χ4n) is 1.78. The van der Waals surface area contributed by atoms with Crippen molar-refractivity contribution in [2.24, 2.45) is 0 Å². The molecule has 0 radical (unpaired) electrons. The molecule has 1 unspecified atom stereocenters. The van der Waals surface area contributed by atoms with Crippen molar-refractivity contribution in [1.29, 1.82) is 0 Å². The SMILES string of the molecule is O=c1ccn([C@H]2C[C@@H](O)[C@@H](COP)O2)c(=O)[nH]1. The lowest BCUT2D eigenvalue weighted by Crippen LogP contribution is -2.31. The van der Waals surface area contributed by atoms with Gasteiger partial charge in [-0.1, -0.05) is 0 Å². The number of aromatic nitrogens is 2. The number of H-pyrrole nitrogens is 1. The predicted octanol–water partition coefficient (Wildman–Crippen LogP) is -1.01. The number of rotatable bonds is 3. The third-order valence-electron chi connectivity index (χ3n) is 2.63. The van der Waals surface area contributed by atoms with Gasteiger partial charge in [0.15, 0.2) is 0 Å². The monoisotopic (exact) mass is 260 g/mol. The largest absolute Gasteiger partial charge is 0.390 e. The molecule has 94 valence electrons. The van der Waals surface area contributed by atoms with Gasteiger partial charge in [-0.25, -0.2) is 4.79 Å². The fraction of sp³-hybridized carbons (Fsp3) is 0.556. The summed E-state index contributed by atoms with van der Waals surface area (Å²) in [5, 5.41) is 9.70. The molecule has 1 aromatic heterocycles. The minimum absolute atomic E-state index is 0.223. The Labute approximate surface area is 98.7 Å². The maximum absolute atomic E-state index is 11.5. The summed E-state index contributed by atoms with van der Waals surface area (Å²) < 4.78 is 11.5. The number of aliphatic hydroxyl groups is 1. The summed E-state index contributed by atoms with van der Waals surface area (Å²) in [6, 6.07) is 1.23. The van der Waals surface area contributed by atoms with Gasteiger partial charge >= 0.3 is 5.69 Å². The third-order valence-corrected chi connectivity index (χ3v) is 2.82. The van der Waals surface area contributed by atoms with Crippen molar-refractivity contribution in [2.75, 3.05) is 6.61 Å². The lowest BCUT2D eigenvalue weighted by molar-refractivity contribution is -0.0382. The summed E-state index contributed by atoms with van der Waals surface area (Å²) in [5.41, 5.74) is -1.02. The van der Waals surface area contributed by atoms with Crippen molar-refractivity contribution in [3.8, 4) is 0 Å². The second kappa shape index (κ2) is 5.10. The molecular formula is C9H13N2O5P. The smallest absolute Gasteiger partial charge is 0.330 e. The molecule has 1 aliphatic rings. The molecule has 0 amide bonds. The van der Waals surface area contributed by atoms with Crippen LogP contribution < -0.4 is 11.2 Å². The second-order valence-electron chi connectivity index (χ2n) is 3.78. The summed E-state index contributed by atoms with van der Waals surface area (Å²) >= 11 is 0. The van der Waals surface area contributed by atoms with Crippen LogP contribution in [0.3, 0.4) is 0 Å². The first-order valence-electron chi connectivity index (χ1n) is 5.08. The van der Waals surface area contributed by atoms with E-state index < -0.39 is 29.7 Å². The quantitative estimate of drug-likeness (QED) is 0.679.